The Hall–Kier alpha value is -1.48. The Bertz CT molecular complexity index is 782. The Kier molecular flexibility index (Phi) is 11.7. The molecule has 6 nitrogen and oxygen atoms in total. The van der Waals surface area contributed by atoms with Crippen molar-refractivity contribution in [1.82, 2.24) is 9.21 Å². The van der Waals surface area contributed by atoms with Crippen LogP contribution >= 0.6 is 0 Å². The van der Waals surface area contributed by atoms with Gasteiger partial charge in [0.2, 0.25) is 0 Å². The summed E-state index contributed by atoms with van der Waals surface area (Å²) in [7, 11) is -0.0108. The van der Waals surface area contributed by atoms with Crippen LogP contribution in [-0.2, 0) is 14.9 Å². The van der Waals surface area contributed by atoms with E-state index in [9.17, 15) is 12.8 Å². The van der Waals surface area contributed by atoms with E-state index in [1.807, 2.05) is 6.08 Å². The molecule has 1 aliphatic carbocycles. The standard InChI is InChI=1S/C24H40FN3O3S/c1-4-17-27(2)18-8-6-5-7-9-19-31-24-15-13-23(14-16-24)28(3)32(29,30)26-22-12-10-11-21(25)20-22/h4,10-12,20,23-24,26H,1,5-9,13-19H2,2-3H3/t23-,24-. The molecule has 0 unspecified atom stereocenters. The molecule has 32 heavy (non-hydrogen) atoms. The van der Waals surface area contributed by atoms with Crippen LogP contribution in [0.1, 0.15) is 57.8 Å². The van der Waals surface area contributed by atoms with Crippen molar-refractivity contribution in [3.05, 3.63) is 42.7 Å². The van der Waals surface area contributed by atoms with Crippen LogP contribution in [0, 0.1) is 5.82 Å². The number of hydrogen-bond donors (Lipinski definition) is 1. The van der Waals surface area contributed by atoms with Crippen LogP contribution in [0.25, 0.3) is 0 Å². The third-order valence-electron chi connectivity index (χ3n) is 6.09. The Labute approximate surface area is 194 Å². The summed E-state index contributed by atoms with van der Waals surface area (Å²) >= 11 is 0. The lowest BCUT2D eigenvalue weighted by molar-refractivity contribution is 0.0157. The van der Waals surface area contributed by atoms with E-state index >= 15 is 0 Å². The summed E-state index contributed by atoms with van der Waals surface area (Å²) in [6.45, 7) is 6.60. The molecule has 0 saturated heterocycles. The van der Waals surface area contributed by atoms with Gasteiger partial charge in [0.25, 0.3) is 0 Å². The van der Waals surface area contributed by atoms with Crippen molar-refractivity contribution >= 4 is 15.9 Å². The molecule has 0 aliphatic heterocycles. The zero-order valence-corrected chi connectivity index (χ0v) is 20.5. The van der Waals surface area contributed by atoms with E-state index < -0.39 is 16.0 Å². The van der Waals surface area contributed by atoms with Crippen LogP contribution in [-0.4, -0.2) is 63.6 Å². The summed E-state index contributed by atoms with van der Waals surface area (Å²) in [6, 6.07) is 5.42. The van der Waals surface area contributed by atoms with Gasteiger partial charge in [0, 0.05) is 26.2 Å². The highest BCUT2D eigenvalue weighted by molar-refractivity contribution is 7.90. The second-order valence-electron chi connectivity index (χ2n) is 8.75. The van der Waals surface area contributed by atoms with Gasteiger partial charge in [-0.1, -0.05) is 31.4 Å². The molecule has 0 aromatic heterocycles. The molecule has 1 N–H and O–H groups in total. The van der Waals surface area contributed by atoms with E-state index in [2.05, 4.69) is 23.2 Å². The topological polar surface area (TPSA) is 61.9 Å². The summed E-state index contributed by atoms with van der Waals surface area (Å²) in [5, 5.41) is 0. The van der Waals surface area contributed by atoms with E-state index in [1.54, 1.807) is 13.1 Å². The van der Waals surface area contributed by atoms with Gasteiger partial charge in [-0.3, -0.25) is 4.72 Å². The van der Waals surface area contributed by atoms with Gasteiger partial charge in [-0.05, 0) is 70.3 Å². The molecule has 0 amide bonds. The quantitative estimate of drug-likeness (QED) is 0.296. The van der Waals surface area contributed by atoms with Gasteiger partial charge in [0.05, 0.1) is 11.8 Å². The maximum atomic E-state index is 13.3. The van der Waals surface area contributed by atoms with E-state index in [1.165, 1.54) is 48.2 Å². The molecular formula is C24H40FN3O3S. The molecule has 1 saturated carbocycles. The highest BCUT2D eigenvalue weighted by Gasteiger charge is 2.30. The number of unbranched alkanes of at least 4 members (excludes halogenated alkanes) is 4. The van der Waals surface area contributed by atoms with Crippen LogP contribution in [0.2, 0.25) is 0 Å². The summed E-state index contributed by atoms with van der Waals surface area (Å²) in [6.07, 6.45) is 11.4. The van der Waals surface area contributed by atoms with Gasteiger partial charge in [-0.25, -0.2) is 4.39 Å². The van der Waals surface area contributed by atoms with Gasteiger partial charge in [-0.15, -0.1) is 6.58 Å². The van der Waals surface area contributed by atoms with Crippen molar-refractivity contribution in [1.29, 1.82) is 0 Å². The van der Waals surface area contributed by atoms with E-state index in [-0.39, 0.29) is 17.8 Å². The Morgan fingerprint density at radius 2 is 1.81 bits per heavy atom. The number of likely N-dealkylation sites (N-methyl/N-ethyl adjacent to an activating group) is 1. The molecule has 1 fully saturated rings. The van der Waals surface area contributed by atoms with E-state index in [4.69, 9.17) is 4.74 Å². The average molecular weight is 470 g/mol. The second kappa shape index (κ2) is 13.9. The SMILES string of the molecule is C=CCN(C)CCCCCCCO[C@H]1CC[C@H](N(C)S(=O)(=O)Nc2cccc(F)c2)CC1. The summed E-state index contributed by atoms with van der Waals surface area (Å²) < 4.78 is 48.5. The monoisotopic (exact) mass is 469 g/mol. The van der Waals surface area contributed by atoms with Crippen LogP contribution in [0.5, 0.6) is 0 Å². The molecule has 0 spiro atoms. The average Bonchev–Trinajstić information content (AvgIpc) is 2.75. The van der Waals surface area contributed by atoms with Crippen molar-refractivity contribution < 1.29 is 17.5 Å². The smallest absolute Gasteiger partial charge is 0.301 e. The first-order chi connectivity index (χ1) is 15.3. The molecule has 0 bridgehead atoms. The fourth-order valence-corrected chi connectivity index (χ4v) is 5.29. The lowest BCUT2D eigenvalue weighted by Crippen LogP contribution is -2.43. The molecule has 2 rings (SSSR count). The summed E-state index contributed by atoms with van der Waals surface area (Å²) in [5.74, 6) is -0.471. The number of benzene rings is 1. The molecular weight excluding hydrogens is 429 g/mol. The number of anilines is 1. The van der Waals surface area contributed by atoms with E-state index in [0.717, 1.165) is 51.8 Å². The minimum atomic E-state index is -3.72. The van der Waals surface area contributed by atoms with Crippen molar-refractivity contribution in [2.24, 2.45) is 0 Å². The molecule has 1 aliphatic rings. The predicted molar refractivity (Wildman–Crippen MR) is 129 cm³/mol. The van der Waals surface area contributed by atoms with Gasteiger partial charge < -0.3 is 9.64 Å². The fourth-order valence-electron chi connectivity index (χ4n) is 4.12. The first-order valence-electron chi connectivity index (χ1n) is 11.7. The predicted octanol–water partition coefficient (Wildman–Crippen LogP) is 4.81. The Morgan fingerprint density at radius 1 is 1.12 bits per heavy atom. The first-order valence-corrected chi connectivity index (χ1v) is 13.2. The van der Waals surface area contributed by atoms with Crippen LogP contribution in [0.15, 0.2) is 36.9 Å². The van der Waals surface area contributed by atoms with Crippen molar-refractivity contribution in [2.75, 3.05) is 38.5 Å². The van der Waals surface area contributed by atoms with Crippen molar-refractivity contribution in [3.63, 3.8) is 0 Å². The number of hydrogen-bond acceptors (Lipinski definition) is 4. The number of ether oxygens (including phenoxy) is 1. The molecule has 0 radical (unpaired) electrons. The lowest BCUT2D eigenvalue weighted by atomic mass is 9.93. The number of nitrogens with one attached hydrogen (secondary N) is 1. The Morgan fingerprint density at radius 3 is 2.50 bits per heavy atom. The normalized spacial score (nSPS) is 19.4. The van der Waals surface area contributed by atoms with Crippen LogP contribution in [0.3, 0.4) is 0 Å². The molecule has 1 aromatic rings. The van der Waals surface area contributed by atoms with Gasteiger partial charge in [0.1, 0.15) is 5.82 Å². The largest absolute Gasteiger partial charge is 0.378 e. The molecule has 8 heteroatoms. The molecule has 182 valence electrons. The maximum absolute atomic E-state index is 13.3. The van der Waals surface area contributed by atoms with Crippen LogP contribution in [0.4, 0.5) is 10.1 Å². The summed E-state index contributed by atoms with van der Waals surface area (Å²) in [5.41, 5.74) is 0.234. The minimum Gasteiger partial charge on any atom is -0.378 e. The first kappa shape index (κ1) is 26.8. The Balaban J connectivity index is 1.59. The van der Waals surface area contributed by atoms with Gasteiger partial charge >= 0.3 is 10.2 Å². The molecule has 1 aromatic carbocycles. The number of nitrogens with zero attached hydrogens (tertiary/aromatic N) is 2. The zero-order chi connectivity index (χ0) is 23.4. The van der Waals surface area contributed by atoms with Crippen LogP contribution < -0.4 is 4.72 Å². The molecule has 0 atom stereocenters. The zero-order valence-electron chi connectivity index (χ0n) is 19.6. The third kappa shape index (κ3) is 9.57. The van der Waals surface area contributed by atoms with E-state index in [0.29, 0.717) is 0 Å². The highest BCUT2D eigenvalue weighted by Crippen LogP contribution is 2.27. The van der Waals surface area contributed by atoms with Gasteiger partial charge in [0.15, 0.2) is 0 Å². The second-order valence-corrected chi connectivity index (χ2v) is 10.5. The van der Waals surface area contributed by atoms with Crippen molar-refractivity contribution in [3.8, 4) is 0 Å². The third-order valence-corrected chi connectivity index (χ3v) is 7.64. The highest BCUT2D eigenvalue weighted by atomic mass is 32.2. The molecule has 0 heterocycles. The van der Waals surface area contributed by atoms with Crippen molar-refractivity contribution in [2.45, 2.75) is 69.9 Å². The van der Waals surface area contributed by atoms with Gasteiger partial charge in [-0.2, -0.15) is 12.7 Å². The number of rotatable bonds is 15. The maximum Gasteiger partial charge on any atom is 0.301 e. The minimum absolute atomic E-state index is 0.0693. The fraction of sp³-hybridized carbons (Fsp3) is 0.667. The summed E-state index contributed by atoms with van der Waals surface area (Å²) in [4.78, 5) is 2.28. The number of halogens is 1. The lowest BCUT2D eigenvalue weighted by Gasteiger charge is -2.34.